The van der Waals surface area contributed by atoms with Gasteiger partial charge in [-0.2, -0.15) is 0 Å². The summed E-state index contributed by atoms with van der Waals surface area (Å²) in [7, 11) is 1.81. The minimum absolute atomic E-state index is 0.248. The summed E-state index contributed by atoms with van der Waals surface area (Å²) in [5, 5.41) is 0. The minimum Gasteiger partial charge on any atom is -0.376 e. The first-order valence-corrected chi connectivity index (χ1v) is 6.37. The molecule has 1 nitrogen and oxygen atoms in total. The molecular weight excluding hydrogens is 196 g/mol. The SMILES string of the molecule is CCCCC[C@@H](C)[C@H](OC)c1ccccc1. The standard InChI is InChI=1S/C15H24O/c1-4-5-7-10-13(2)15(16-3)14-11-8-6-9-12-14/h6,8-9,11-13,15H,4-5,7,10H2,1-3H3/t13-,15+/m1/s1. The Kier molecular flexibility index (Phi) is 6.17. The second-order valence-corrected chi connectivity index (χ2v) is 4.54. The van der Waals surface area contributed by atoms with Gasteiger partial charge in [-0.25, -0.2) is 0 Å². The van der Waals surface area contributed by atoms with Crippen molar-refractivity contribution in [3.05, 3.63) is 35.9 Å². The van der Waals surface area contributed by atoms with Crippen LogP contribution in [0.5, 0.6) is 0 Å². The molecule has 0 aromatic heterocycles. The lowest BCUT2D eigenvalue weighted by Gasteiger charge is -2.23. The zero-order valence-electron chi connectivity index (χ0n) is 10.8. The molecular formula is C15H24O. The molecule has 0 N–H and O–H groups in total. The minimum atomic E-state index is 0.248. The van der Waals surface area contributed by atoms with E-state index in [1.54, 1.807) is 0 Å². The Morgan fingerprint density at radius 1 is 1.12 bits per heavy atom. The molecule has 0 radical (unpaired) electrons. The van der Waals surface area contributed by atoms with Crippen molar-refractivity contribution in [2.24, 2.45) is 5.92 Å². The van der Waals surface area contributed by atoms with Crippen LogP contribution in [0, 0.1) is 5.92 Å². The summed E-state index contributed by atoms with van der Waals surface area (Å²) in [5.74, 6) is 0.596. The number of methoxy groups -OCH3 is 1. The normalized spacial score (nSPS) is 14.7. The molecule has 1 rings (SSSR count). The third-order valence-electron chi connectivity index (χ3n) is 3.16. The van der Waals surface area contributed by atoms with E-state index in [0.717, 1.165) is 0 Å². The van der Waals surface area contributed by atoms with E-state index in [1.807, 2.05) is 7.11 Å². The smallest absolute Gasteiger partial charge is 0.0846 e. The molecule has 0 heterocycles. The van der Waals surface area contributed by atoms with E-state index in [1.165, 1.54) is 31.2 Å². The third kappa shape index (κ3) is 3.97. The first kappa shape index (κ1) is 13.2. The largest absolute Gasteiger partial charge is 0.376 e. The van der Waals surface area contributed by atoms with Crippen molar-refractivity contribution >= 4 is 0 Å². The highest BCUT2D eigenvalue weighted by Crippen LogP contribution is 2.28. The lowest BCUT2D eigenvalue weighted by atomic mass is 9.92. The van der Waals surface area contributed by atoms with Gasteiger partial charge in [0.1, 0.15) is 0 Å². The Morgan fingerprint density at radius 3 is 2.38 bits per heavy atom. The molecule has 0 fully saturated rings. The lowest BCUT2D eigenvalue weighted by Crippen LogP contribution is -2.12. The van der Waals surface area contributed by atoms with Gasteiger partial charge in [-0.3, -0.25) is 0 Å². The summed E-state index contributed by atoms with van der Waals surface area (Å²) >= 11 is 0. The molecule has 0 bridgehead atoms. The van der Waals surface area contributed by atoms with Crippen molar-refractivity contribution in [3.8, 4) is 0 Å². The molecule has 0 saturated carbocycles. The van der Waals surface area contributed by atoms with Crippen LogP contribution in [0.4, 0.5) is 0 Å². The third-order valence-corrected chi connectivity index (χ3v) is 3.16. The Labute approximate surface area is 99.8 Å². The van der Waals surface area contributed by atoms with E-state index in [4.69, 9.17) is 4.74 Å². The maximum atomic E-state index is 5.63. The Bertz CT molecular complexity index is 268. The molecule has 1 heteroatoms. The number of unbranched alkanes of at least 4 members (excludes halogenated alkanes) is 2. The average Bonchev–Trinajstić information content (AvgIpc) is 2.32. The second-order valence-electron chi connectivity index (χ2n) is 4.54. The fourth-order valence-electron chi connectivity index (χ4n) is 2.21. The number of hydrogen-bond acceptors (Lipinski definition) is 1. The van der Waals surface area contributed by atoms with E-state index >= 15 is 0 Å². The molecule has 1 aromatic carbocycles. The van der Waals surface area contributed by atoms with Gasteiger partial charge in [0.15, 0.2) is 0 Å². The van der Waals surface area contributed by atoms with Gasteiger partial charge in [-0.1, -0.05) is 63.4 Å². The summed E-state index contributed by atoms with van der Waals surface area (Å²) in [6.07, 6.45) is 5.43. The Hall–Kier alpha value is -0.820. The van der Waals surface area contributed by atoms with Crippen LogP contribution >= 0.6 is 0 Å². The maximum Gasteiger partial charge on any atom is 0.0846 e. The van der Waals surface area contributed by atoms with Crippen LogP contribution in [-0.2, 0) is 4.74 Å². The average molecular weight is 220 g/mol. The van der Waals surface area contributed by atoms with Gasteiger partial charge in [0.2, 0.25) is 0 Å². The Morgan fingerprint density at radius 2 is 1.81 bits per heavy atom. The first-order chi connectivity index (χ1) is 7.79. The molecule has 16 heavy (non-hydrogen) atoms. The van der Waals surface area contributed by atoms with Crippen molar-refractivity contribution in [2.45, 2.75) is 45.6 Å². The highest BCUT2D eigenvalue weighted by atomic mass is 16.5. The highest BCUT2D eigenvalue weighted by Gasteiger charge is 2.17. The van der Waals surface area contributed by atoms with Crippen molar-refractivity contribution < 1.29 is 4.74 Å². The van der Waals surface area contributed by atoms with Gasteiger partial charge in [-0.15, -0.1) is 0 Å². The van der Waals surface area contributed by atoms with E-state index in [2.05, 4.69) is 44.2 Å². The van der Waals surface area contributed by atoms with Crippen LogP contribution in [0.3, 0.4) is 0 Å². The number of benzene rings is 1. The highest BCUT2D eigenvalue weighted by molar-refractivity contribution is 5.18. The summed E-state index contributed by atoms with van der Waals surface area (Å²) in [6.45, 7) is 4.53. The molecule has 0 aliphatic carbocycles. The summed E-state index contributed by atoms with van der Waals surface area (Å²) in [5.41, 5.74) is 1.30. The molecule has 0 aliphatic rings. The van der Waals surface area contributed by atoms with E-state index < -0.39 is 0 Å². The zero-order valence-corrected chi connectivity index (χ0v) is 10.8. The molecule has 0 saturated heterocycles. The van der Waals surface area contributed by atoms with Gasteiger partial charge in [-0.05, 0) is 17.9 Å². The van der Waals surface area contributed by atoms with Crippen LogP contribution in [0.15, 0.2) is 30.3 Å². The molecule has 0 unspecified atom stereocenters. The molecule has 2 atom stereocenters. The Balaban J connectivity index is 2.53. The molecule has 1 aromatic rings. The van der Waals surface area contributed by atoms with E-state index in [0.29, 0.717) is 5.92 Å². The van der Waals surface area contributed by atoms with Crippen molar-refractivity contribution in [3.63, 3.8) is 0 Å². The number of rotatable bonds is 7. The predicted molar refractivity (Wildman–Crippen MR) is 69.5 cm³/mol. The van der Waals surface area contributed by atoms with Gasteiger partial charge in [0, 0.05) is 7.11 Å². The number of ether oxygens (including phenoxy) is 1. The molecule has 90 valence electrons. The van der Waals surface area contributed by atoms with Crippen molar-refractivity contribution in [1.29, 1.82) is 0 Å². The predicted octanol–water partition coefficient (Wildman–Crippen LogP) is 4.59. The van der Waals surface area contributed by atoms with Gasteiger partial charge >= 0.3 is 0 Å². The van der Waals surface area contributed by atoms with Crippen LogP contribution in [-0.4, -0.2) is 7.11 Å². The van der Waals surface area contributed by atoms with E-state index in [-0.39, 0.29) is 6.10 Å². The van der Waals surface area contributed by atoms with Gasteiger partial charge < -0.3 is 4.74 Å². The van der Waals surface area contributed by atoms with Crippen LogP contribution in [0.25, 0.3) is 0 Å². The molecule has 0 aliphatic heterocycles. The van der Waals surface area contributed by atoms with Crippen molar-refractivity contribution in [1.82, 2.24) is 0 Å². The second kappa shape index (κ2) is 7.45. The van der Waals surface area contributed by atoms with Gasteiger partial charge in [0.25, 0.3) is 0 Å². The lowest BCUT2D eigenvalue weighted by molar-refractivity contribution is 0.0536. The molecule has 0 spiro atoms. The number of hydrogen-bond donors (Lipinski definition) is 0. The van der Waals surface area contributed by atoms with Crippen molar-refractivity contribution in [2.75, 3.05) is 7.11 Å². The topological polar surface area (TPSA) is 9.23 Å². The van der Waals surface area contributed by atoms with Crippen LogP contribution in [0.1, 0.15) is 51.2 Å². The van der Waals surface area contributed by atoms with Gasteiger partial charge in [0.05, 0.1) is 6.10 Å². The van der Waals surface area contributed by atoms with Crippen LogP contribution in [0.2, 0.25) is 0 Å². The monoisotopic (exact) mass is 220 g/mol. The fourth-order valence-corrected chi connectivity index (χ4v) is 2.21. The summed E-state index contributed by atoms with van der Waals surface area (Å²) in [4.78, 5) is 0. The molecule has 0 amide bonds. The van der Waals surface area contributed by atoms with E-state index in [9.17, 15) is 0 Å². The summed E-state index contributed by atoms with van der Waals surface area (Å²) in [6, 6.07) is 10.5. The maximum absolute atomic E-state index is 5.63. The fraction of sp³-hybridized carbons (Fsp3) is 0.600. The first-order valence-electron chi connectivity index (χ1n) is 6.37. The summed E-state index contributed by atoms with van der Waals surface area (Å²) < 4.78 is 5.63. The quantitative estimate of drug-likeness (QED) is 0.611. The zero-order chi connectivity index (χ0) is 11.8. The van der Waals surface area contributed by atoms with Crippen LogP contribution < -0.4 is 0 Å².